The molecule has 19 heavy (non-hydrogen) atoms. The van der Waals surface area contributed by atoms with Crippen molar-refractivity contribution in [3.8, 4) is 0 Å². The maximum absolute atomic E-state index is 11.4. The topological polar surface area (TPSA) is 62.5 Å². The molecule has 1 heterocycles. The predicted molar refractivity (Wildman–Crippen MR) is 75.1 cm³/mol. The number of anilines is 1. The van der Waals surface area contributed by atoms with Gasteiger partial charge in [-0.3, -0.25) is 9.36 Å². The molecule has 0 saturated heterocycles. The SMILES string of the molecule is Cc1c(C(=O)O)c2c(N(C)C)cc(Cl)cc2n1C=O. The molecule has 0 bridgehead atoms. The number of rotatable bonds is 3. The summed E-state index contributed by atoms with van der Waals surface area (Å²) < 4.78 is 1.30. The van der Waals surface area contributed by atoms with E-state index in [2.05, 4.69) is 0 Å². The van der Waals surface area contributed by atoms with Crippen LogP contribution in [0.3, 0.4) is 0 Å². The highest BCUT2D eigenvalue weighted by Crippen LogP contribution is 2.35. The van der Waals surface area contributed by atoms with Crippen molar-refractivity contribution in [1.29, 1.82) is 0 Å². The van der Waals surface area contributed by atoms with Gasteiger partial charge in [-0.25, -0.2) is 4.79 Å². The molecule has 0 saturated carbocycles. The number of fused-ring (bicyclic) bond motifs is 1. The summed E-state index contributed by atoms with van der Waals surface area (Å²) in [6.07, 6.45) is 0.597. The van der Waals surface area contributed by atoms with Crippen molar-refractivity contribution in [2.24, 2.45) is 0 Å². The van der Waals surface area contributed by atoms with Crippen molar-refractivity contribution in [3.63, 3.8) is 0 Å². The number of carboxylic acids is 1. The van der Waals surface area contributed by atoms with E-state index < -0.39 is 5.97 Å². The van der Waals surface area contributed by atoms with E-state index in [1.165, 1.54) is 4.57 Å². The number of benzene rings is 1. The van der Waals surface area contributed by atoms with Gasteiger partial charge in [0.25, 0.3) is 0 Å². The quantitative estimate of drug-likeness (QED) is 0.877. The van der Waals surface area contributed by atoms with Crippen LogP contribution in [0.15, 0.2) is 12.1 Å². The Labute approximate surface area is 115 Å². The van der Waals surface area contributed by atoms with Crippen molar-refractivity contribution in [1.82, 2.24) is 4.57 Å². The Kier molecular flexibility index (Phi) is 3.24. The van der Waals surface area contributed by atoms with Gasteiger partial charge < -0.3 is 10.0 Å². The van der Waals surface area contributed by atoms with E-state index in [1.54, 1.807) is 38.1 Å². The first-order valence-electron chi connectivity index (χ1n) is 5.58. The Hall–Kier alpha value is -2.01. The molecule has 1 aromatic heterocycles. The van der Waals surface area contributed by atoms with Crippen LogP contribution in [0, 0.1) is 6.92 Å². The van der Waals surface area contributed by atoms with Crippen LogP contribution in [0.4, 0.5) is 5.69 Å². The van der Waals surface area contributed by atoms with E-state index in [0.29, 0.717) is 33.7 Å². The normalized spacial score (nSPS) is 10.7. The fourth-order valence-electron chi connectivity index (χ4n) is 2.26. The first-order chi connectivity index (χ1) is 8.88. The predicted octanol–water partition coefficient (Wildman–Crippen LogP) is 2.41. The first-order valence-corrected chi connectivity index (χ1v) is 5.96. The number of aromatic carboxylic acids is 1. The highest BCUT2D eigenvalue weighted by atomic mass is 35.5. The number of nitrogens with zero attached hydrogens (tertiary/aromatic N) is 2. The molecule has 0 spiro atoms. The third-order valence-electron chi connectivity index (χ3n) is 3.10. The Morgan fingerprint density at radius 2 is 2.05 bits per heavy atom. The Morgan fingerprint density at radius 1 is 1.42 bits per heavy atom. The molecule has 0 radical (unpaired) electrons. The van der Waals surface area contributed by atoms with Gasteiger partial charge in [0, 0.05) is 35.9 Å². The summed E-state index contributed by atoms with van der Waals surface area (Å²) in [6.45, 7) is 1.60. The molecular formula is C13H13ClN2O3. The number of carbonyl (C=O) groups excluding carboxylic acids is 1. The molecule has 0 unspecified atom stereocenters. The highest BCUT2D eigenvalue weighted by molar-refractivity contribution is 6.32. The lowest BCUT2D eigenvalue weighted by molar-refractivity contribution is 0.0698. The first kappa shape index (κ1) is 13.4. The monoisotopic (exact) mass is 280 g/mol. The zero-order valence-electron chi connectivity index (χ0n) is 10.8. The van der Waals surface area contributed by atoms with Crippen LogP contribution in [-0.2, 0) is 4.79 Å². The second-order valence-corrected chi connectivity index (χ2v) is 4.89. The Bertz CT molecular complexity index is 689. The summed E-state index contributed by atoms with van der Waals surface area (Å²) in [5.74, 6) is -1.06. The van der Waals surface area contributed by atoms with Gasteiger partial charge in [0.05, 0.1) is 11.1 Å². The van der Waals surface area contributed by atoms with Crippen LogP contribution in [0.25, 0.3) is 10.9 Å². The maximum atomic E-state index is 11.4. The summed E-state index contributed by atoms with van der Waals surface area (Å²) >= 11 is 6.03. The Balaban J connectivity index is 3.06. The molecule has 1 N–H and O–H groups in total. The summed E-state index contributed by atoms with van der Waals surface area (Å²) in [5.41, 5.74) is 1.69. The lowest BCUT2D eigenvalue weighted by Crippen LogP contribution is -2.10. The fourth-order valence-corrected chi connectivity index (χ4v) is 2.46. The van der Waals surface area contributed by atoms with Crippen LogP contribution in [0.2, 0.25) is 5.02 Å². The summed E-state index contributed by atoms with van der Waals surface area (Å²) in [7, 11) is 3.59. The number of carboxylic acid groups (broad SMARTS) is 1. The van der Waals surface area contributed by atoms with E-state index in [9.17, 15) is 14.7 Å². The second-order valence-electron chi connectivity index (χ2n) is 4.45. The molecule has 0 amide bonds. The van der Waals surface area contributed by atoms with E-state index in [0.717, 1.165) is 0 Å². The minimum absolute atomic E-state index is 0.127. The van der Waals surface area contributed by atoms with E-state index in [-0.39, 0.29) is 5.56 Å². The van der Waals surface area contributed by atoms with Crippen LogP contribution in [0.1, 0.15) is 16.1 Å². The molecule has 2 rings (SSSR count). The fraction of sp³-hybridized carbons (Fsp3) is 0.231. The van der Waals surface area contributed by atoms with E-state index in [4.69, 9.17) is 11.6 Å². The zero-order valence-corrected chi connectivity index (χ0v) is 11.5. The molecule has 0 atom stereocenters. The molecule has 100 valence electrons. The lowest BCUT2D eigenvalue weighted by atomic mass is 10.1. The molecule has 0 aliphatic carbocycles. The smallest absolute Gasteiger partial charge is 0.338 e. The number of hydrogen-bond donors (Lipinski definition) is 1. The van der Waals surface area contributed by atoms with E-state index in [1.807, 2.05) is 0 Å². The second kappa shape index (κ2) is 4.59. The highest BCUT2D eigenvalue weighted by Gasteiger charge is 2.23. The van der Waals surface area contributed by atoms with Gasteiger partial charge in [0.2, 0.25) is 6.41 Å². The third-order valence-corrected chi connectivity index (χ3v) is 3.31. The van der Waals surface area contributed by atoms with Gasteiger partial charge in [-0.2, -0.15) is 0 Å². The van der Waals surface area contributed by atoms with Crippen LogP contribution in [-0.4, -0.2) is 36.1 Å². The minimum Gasteiger partial charge on any atom is -0.478 e. The summed E-state index contributed by atoms with van der Waals surface area (Å²) in [4.78, 5) is 24.4. The standard InChI is InChI=1S/C13H13ClN2O3/c1-7-11(13(18)19)12-9(15(2)3)4-8(14)5-10(12)16(7)6-17/h4-6H,1-3H3,(H,18,19). The number of hydrogen-bond acceptors (Lipinski definition) is 3. The van der Waals surface area contributed by atoms with Crippen molar-refractivity contribution in [3.05, 3.63) is 28.4 Å². The molecule has 6 heteroatoms. The van der Waals surface area contributed by atoms with Gasteiger partial charge in [-0.05, 0) is 19.1 Å². The van der Waals surface area contributed by atoms with Crippen LogP contribution in [0.5, 0.6) is 0 Å². The van der Waals surface area contributed by atoms with Crippen molar-refractivity contribution in [2.45, 2.75) is 6.92 Å². The van der Waals surface area contributed by atoms with Crippen molar-refractivity contribution in [2.75, 3.05) is 19.0 Å². The molecule has 1 aromatic carbocycles. The van der Waals surface area contributed by atoms with Crippen molar-refractivity contribution >= 4 is 40.6 Å². The molecule has 0 fully saturated rings. The molecule has 2 aromatic rings. The lowest BCUT2D eigenvalue weighted by Gasteiger charge is -2.15. The largest absolute Gasteiger partial charge is 0.478 e. The summed E-state index contributed by atoms with van der Waals surface area (Å²) in [5, 5.41) is 10.3. The molecular weight excluding hydrogens is 268 g/mol. The molecule has 0 aliphatic heterocycles. The third kappa shape index (κ3) is 1.96. The number of halogens is 1. The van der Waals surface area contributed by atoms with Gasteiger partial charge in [0.1, 0.15) is 0 Å². The average molecular weight is 281 g/mol. The van der Waals surface area contributed by atoms with Gasteiger partial charge in [-0.15, -0.1) is 0 Å². The van der Waals surface area contributed by atoms with Crippen LogP contribution >= 0.6 is 11.6 Å². The maximum Gasteiger partial charge on any atom is 0.338 e. The Morgan fingerprint density at radius 3 is 2.53 bits per heavy atom. The van der Waals surface area contributed by atoms with Crippen LogP contribution < -0.4 is 4.90 Å². The van der Waals surface area contributed by atoms with Crippen molar-refractivity contribution < 1.29 is 14.7 Å². The van der Waals surface area contributed by atoms with Gasteiger partial charge in [-0.1, -0.05) is 11.6 Å². The molecule has 0 aliphatic rings. The average Bonchev–Trinajstić information content (AvgIpc) is 2.59. The number of aromatic nitrogens is 1. The summed E-state index contributed by atoms with van der Waals surface area (Å²) in [6, 6.07) is 3.28. The zero-order chi connectivity index (χ0) is 14.3. The van der Waals surface area contributed by atoms with Gasteiger partial charge >= 0.3 is 5.97 Å². The van der Waals surface area contributed by atoms with Gasteiger partial charge in [0.15, 0.2) is 0 Å². The van der Waals surface area contributed by atoms with E-state index >= 15 is 0 Å². The number of carbonyl (C=O) groups is 2. The molecule has 5 nitrogen and oxygen atoms in total. The minimum atomic E-state index is -1.06.